The quantitative estimate of drug-likeness (QED) is 0.259. The first-order chi connectivity index (χ1) is 16.7. The molecular weight excluding hydrogens is 410 g/mol. The maximum absolute atomic E-state index is 2.43. The fourth-order valence-corrected chi connectivity index (χ4v) is 5.37. The van der Waals surface area contributed by atoms with Crippen molar-refractivity contribution in [3.63, 3.8) is 0 Å². The molecular formula is C33H27N. The average molecular weight is 438 g/mol. The summed E-state index contributed by atoms with van der Waals surface area (Å²) in [5.74, 6) is 0.387. The van der Waals surface area contributed by atoms with E-state index in [1.165, 1.54) is 55.3 Å². The van der Waals surface area contributed by atoms with E-state index >= 15 is 0 Å². The van der Waals surface area contributed by atoms with Crippen molar-refractivity contribution >= 4 is 21.8 Å². The van der Waals surface area contributed by atoms with Crippen LogP contribution in [0.1, 0.15) is 25.3 Å². The van der Waals surface area contributed by atoms with Gasteiger partial charge in [-0.2, -0.15) is 0 Å². The lowest BCUT2D eigenvalue weighted by Gasteiger charge is -2.21. The largest absolute Gasteiger partial charge is 0.309 e. The molecule has 0 spiro atoms. The number of benzene rings is 5. The van der Waals surface area contributed by atoms with Crippen LogP contribution >= 0.6 is 0 Å². The molecule has 0 unspecified atom stereocenters. The second-order valence-electron chi connectivity index (χ2n) is 9.17. The average Bonchev–Trinajstić information content (AvgIpc) is 3.23. The van der Waals surface area contributed by atoms with Gasteiger partial charge in [0.1, 0.15) is 0 Å². The Morgan fingerprint density at radius 3 is 1.68 bits per heavy atom. The zero-order valence-corrected chi connectivity index (χ0v) is 19.6. The lowest BCUT2D eigenvalue weighted by molar-refractivity contribution is 0.871. The molecule has 164 valence electrons. The minimum Gasteiger partial charge on any atom is -0.309 e. The van der Waals surface area contributed by atoms with Crippen molar-refractivity contribution < 1.29 is 0 Å². The van der Waals surface area contributed by atoms with Gasteiger partial charge in [-0.25, -0.2) is 0 Å². The molecule has 0 bridgehead atoms. The highest BCUT2D eigenvalue weighted by molar-refractivity contribution is 6.09. The van der Waals surface area contributed by atoms with Crippen molar-refractivity contribution in [1.29, 1.82) is 0 Å². The van der Waals surface area contributed by atoms with Gasteiger partial charge in [-0.15, -0.1) is 0 Å². The molecule has 0 aliphatic carbocycles. The molecule has 1 nitrogen and oxygen atoms in total. The minimum absolute atomic E-state index is 0.387. The van der Waals surface area contributed by atoms with Gasteiger partial charge in [0.2, 0.25) is 0 Å². The molecule has 0 amide bonds. The van der Waals surface area contributed by atoms with Crippen molar-refractivity contribution in [2.45, 2.75) is 19.8 Å². The molecule has 0 N–H and O–H groups in total. The fourth-order valence-electron chi connectivity index (χ4n) is 5.37. The maximum Gasteiger partial charge on any atom is 0.0541 e. The van der Waals surface area contributed by atoms with Crippen molar-refractivity contribution in [3.8, 4) is 27.9 Å². The lowest BCUT2D eigenvalue weighted by Crippen LogP contribution is -2.01. The zero-order valence-electron chi connectivity index (χ0n) is 19.6. The van der Waals surface area contributed by atoms with Crippen LogP contribution in [-0.4, -0.2) is 4.57 Å². The van der Waals surface area contributed by atoms with E-state index in [0.29, 0.717) is 5.92 Å². The molecule has 6 rings (SSSR count). The van der Waals surface area contributed by atoms with Gasteiger partial charge in [0.15, 0.2) is 0 Å². The molecule has 0 aliphatic rings. The maximum atomic E-state index is 2.43. The Kier molecular flexibility index (Phi) is 5.04. The molecule has 6 aromatic rings. The van der Waals surface area contributed by atoms with Crippen molar-refractivity contribution in [3.05, 3.63) is 127 Å². The van der Waals surface area contributed by atoms with E-state index in [1.54, 1.807) is 0 Å². The highest BCUT2D eigenvalue weighted by Crippen LogP contribution is 2.41. The number of fused-ring (bicyclic) bond motifs is 3. The number of aromatic nitrogens is 1. The van der Waals surface area contributed by atoms with E-state index in [-0.39, 0.29) is 0 Å². The Morgan fingerprint density at radius 1 is 0.471 bits per heavy atom. The van der Waals surface area contributed by atoms with E-state index in [4.69, 9.17) is 0 Å². The van der Waals surface area contributed by atoms with Gasteiger partial charge in [-0.1, -0.05) is 117 Å². The first-order valence-corrected chi connectivity index (χ1v) is 12.0. The number of rotatable bonds is 4. The Hall–Kier alpha value is -4.10. The molecule has 1 heterocycles. The Labute approximate surface area is 200 Å². The van der Waals surface area contributed by atoms with Crippen LogP contribution in [0.5, 0.6) is 0 Å². The van der Waals surface area contributed by atoms with Crippen LogP contribution < -0.4 is 0 Å². The first-order valence-electron chi connectivity index (χ1n) is 12.0. The molecule has 0 saturated carbocycles. The van der Waals surface area contributed by atoms with E-state index in [0.717, 1.165) is 0 Å². The van der Waals surface area contributed by atoms with E-state index in [2.05, 4.69) is 140 Å². The van der Waals surface area contributed by atoms with Gasteiger partial charge in [-0.05, 0) is 46.4 Å². The Morgan fingerprint density at radius 2 is 1.00 bits per heavy atom. The van der Waals surface area contributed by atoms with Crippen LogP contribution in [0.2, 0.25) is 0 Å². The second kappa shape index (κ2) is 8.35. The molecule has 1 heteroatoms. The summed E-state index contributed by atoms with van der Waals surface area (Å²) in [5.41, 5.74) is 10.2. The normalized spacial score (nSPS) is 11.5. The number of hydrogen-bond donors (Lipinski definition) is 0. The Balaban J connectivity index is 1.68. The summed E-state index contributed by atoms with van der Waals surface area (Å²) in [6, 6.07) is 43.8. The Bertz CT molecular complexity index is 1570. The predicted octanol–water partition coefficient (Wildman–Crippen LogP) is 9.24. The van der Waals surface area contributed by atoms with E-state index in [1.807, 2.05) is 0 Å². The summed E-state index contributed by atoms with van der Waals surface area (Å²) < 4.78 is 2.43. The monoisotopic (exact) mass is 437 g/mol. The van der Waals surface area contributed by atoms with Crippen LogP contribution in [0.25, 0.3) is 49.7 Å². The molecule has 5 aromatic carbocycles. The fraction of sp³-hybridized carbons (Fsp3) is 0.0909. The molecule has 34 heavy (non-hydrogen) atoms. The summed E-state index contributed by atoms with van der Waals surface area (Å²) in [7, 11) is 0. The van der Waals surface area contributed by atoms with Crippen molar-refractivity contribution in [2.75, 3.05) is 0 Å². The summed E-state index contributed by atoms with van der Waals surface area (Å²) in [5, 5.41) is 2.57. The number of nitrogens with zero attached hydrogens (tertiary/aromatic N) is 1. The molecule has 0 saturated heterocycles. The third-order valence-electron chi connectivity index (χ3n) is 6.78. The topological polar surface area (TPSA) is 4.93 Å². The smallest absolute Gasteiger partial charge is 0.0541 e. The van der Waals surface area contributed by atoms with Crippen molar-refractivity contribution in [1.82, 2.24) is 4.57 Å². The number of para-hydroxylation sites is 3. The summed E-state index contributed by atoms with van der Waals surface area (Å²) in [6.07, 6.45) is 0. The molecule has 1 aromatic heterocycles. The summed E-state index contributed by atoms with van der Waals surface area (Å²) in [6.45, 7) is 4.60. The van der Waals surface area contributed by atoms with Crippen LogP contribution in [0, 0.1) is 0 Å². The third kappa shape index (κ3) is 3.24. The van der Waals surface area contributed by atoms with Crippen LogP contribution in [0.3, 0.4) is 0 Å². The van der Waals surface area contributed by atoms with E-state index < -0.39 is 0 Å². The van der Waals surface area contributed by atoms with Gasteiger partial charge in [-0.3, -0.25) is 0 Å². The summed E-state index contributed by atoms with van der Waals surface area (Å²) in [4.78, 5) is 0. The lowest BCUT2D eigenvalue weighted by atomic mass is 9.85. The van der Waals surface area contributed by atoms with Crippen LogP contribution in [-0.2, 0) is 0 Å². The van der Waals surface area contributed by atoms with Crippen molar-refractivity contribution in [2.24, 2.45) is 0 Å². The summed E-state index contributed by atoms with van der Waals surface area (Å²) >= 11 is 0. The minimum atomic E-state index is 0.387. The molecule has 0 radical (unpaired) electrons. The molecule has 0 aliphatic heterocycles. The van der Waals surface area contributed by atoms with Gasteiger partial charge >= 0.3 is 0 Å². The molecule has 0 atom stereocenters. The number of hydrogen-bond acceptors (Lipinski definition) is 0. The first kappa shape index (κ1) is 20.5. The standard InChI is InChI=1S/C33H27N/c1-23(2)33-25(24-13-4-3-5-14-24)18-12-19-29(33)28-17-8-11-22-32(28)34-30-20-9-6-15-26(30)27-16-7-10-21-31(27)34/h3-23H,1-2H3. The van der Waals surface area contributed by atoms with Crippen LogP contribution in [0.15, 0.2) is 121 Å². The zero-order chi connectivity index (χ0) is 23.1. The van der Waals surface area contributed by atoms with E-state index in [9.17, 15) is 0 Å². The van der Waals surface area contributed by atoms with Gasteiger partial charge < -0.3 is 4.57 Å². The highest BCUT2D eigenvalue weighted by atomic mass is 15.0. The third-order valence-corrected chi connectivity index (χ3v) is 6.78. The second-order valence-corrected chi connectivity index (χ2v) is 9.17. The van der Waals surface area contributed by atoms with Gasteiger partial charge in [0.25, 0.3) is 0 Å². The van der Waals surface area contributed by atoms with Crippen LogP contribution in [0.4, 0.5) is 0 Å². The highest BCUT2D eigenvalue weighted by Gasteiger charge is 2.19. The SMILES string of the molecule is CC(C)c1c(-c2ccccc2)cccc1-c1ccccc1-n1c2ccccc2c2ccccc21. The predicted molar refractivity (Wildman–Crippen MR) is 146 cm³/mol. The van der Waals surface area contributed by atoms with Gasteiger partial charge in [0, 0.05) is 16.3 Å². The van der Waals surface area contributed by atoms with Gasteiger partial charge in [0.05, 0.1) is 16.7 Å². The molecule has 0 fully saturated rings.